The standard InChI is InChI=1S/C20H17ClN4O.C2HF3O2/c21-14-4-1-12(2-5-14)9-15-10-17-13(11-23-15)3-6-16-18(17)24-25-8-7-22-20(26)19(16)25;3-2(4,5)1(6)7/h1-2,4-5,10-11H,3,6-9H2,(H,22,26);(H,6,7). The largest absolute Gasteiger partial charge is 0.490 e. The fraction of sp³-hybridized carbons (Fsp3) is 0.273. The minimum Gasteiger partial charge on any atom is -0.475 e. The first-order valence-electron chi connectivity index (χ1n) is 10.0. The van der Waals surface area contributed by atoms with Crippen LogP contribution in [0.1, 0.15) is 32.9 Å². The van der Waals surface area contributed by atoms with Gasteiger partial charge in [0.1, 0.15) is 5.69 Å². The summed E-state index contributed by atoms with van der Waals surface area (Å²) >= 11 is 5.97. The minimum atomic E-state index is -5.08. The van der Waals surface area contributed by atoms with Gasteiger partial charge in [-0.3, -0.25) is 14.5 Å². The number of carboxylic acid groups (broad SMARTS) is 1. The number of carbonyl (C=O) groups excluding carboxylic acids is 1. The second-order valence-electron chi connectivity index (χ2n) is 7.59. The number of alkyl halides is 3. The highest BCUT2D eigenvalue weighted by molar-refractivity contribution is 6.30. The molecule has 0 atom stereocenters. The molecule has 0 saturated carbocycles. The van der Waals surface area contributed by atoms with Gasteiger partial charge in [0.25, 0.3) is 5.91 Å². The van der Waals surface area contributed by atoms with E-state index in [1.807, 2.05) is 35.1 Å². The molecule has 0 saturated heterocycles. The van der Waals surface area contributed by atoms with Crippen molar-refractivity contribution in [3.05, 3.63) is 69.6 Å². The van der Waals surface area contributed by atoms with E-state index < -0.39 is 12.1 Å². The molecule has 0 unspecified atom stereocenters. The van der Waals surface area contributed by atoms with E-state index in [1.54, 1.807) is 0 Å². The number of hydrogen-bond acceptors (Lipinski definition) is 4. The van der Waals surface area contributed by atoms with Gasteiger partial charge in [-0.25, -0.2) is 4.79 Å². The van der Waals surface area contributed by atoms with Gasteiger partial charge in [-0.1, -0.05) is 23.7 Å². The number of nitrogens with one attached hydrogen (secondary N) is 1. The van der Waals surface area contributed by atoms with Crippen molar-refractivity contribution < 1.29 is 27.9 Å². The van der Waals surface area contributed by atoms with Crippen molar-refractivity contribution in [2.24, 2.45) is 0 Å². The Morgan fingerprint density at radius 2 is 1.91 bits per heavy atom. The van der Waals surface area contributed by atoms with E-state index in [0.717, 1.165) is 59.0 Å². The fourth-order valence-electron chi connectivity index (χ4n) is 3.84. The van der Waals surface area contributed by atoms with Crippen LogP contribution in [0.3, 0.4) is 0 Å². The van der Waals surface area contributed by atoms with Crippen molar-refractivity contribution in [2.45, 2.75) is 32.0 Å². The topological polar surface area (TPSA) is 97.1 Å². The highest BCUT2D eigenvalue weighted by Gasteiger charge is 2.38. The Hall–Kier alpha value is -3.40. The molecular weight excluding hydrogens is 461 g/mol. The monoisotopic (exact) mass is 478 g/mol. The summed E-state index contributed by atoms with van der Waals surface area (Å²) in [6, 6.07) is 9.97. The number of pyridine rings is 1. The number of nitrogens with zero attached hydrogens (tertiary/aromatic N) is 3. The predicted molar refractivity (Wildman–Crippen MR) is 113 cm³/mol. The molecule has 2 N–H and O–H groups in total. The molecule has 1 aliphatic heterocycles. The van der Waals surface area contributed by atoms with Crippen molar-refractivity contribution in [1.82, 2.24) is 20.1 Å². The molecule has 11 heteroatoms. The predicted octanol–water partition coefficient (Wildman–Crippen LogP) is 3.66. The second kappa shape index (κ2) is 8.86. The van der Waals surface area contributed by atoms with Crippen LogP contribution in [0.4, 0.5) is 13.2 Å². The first-order chi connectivity index (χ1) is 15.6. The molecule has 1 amide bonds. The normalized spacial score (nSPS) is 14.2. The Kier molecular flexibility index (Phi) is 6.11. The number of rotatable bonds is 2. The van der Waals surface area contributed by atoms with Crippen LogP contribution in [0, 0.1) is 0 Å². The van der Waals surface area contributed by atoms with Gasteiger partial charge in [0.05, 0.1) is 12.2 Å². The maximum atomic E-state index is 12.3. The van der Waals surface area contributed by atoms with Gasteiger partial charge in [-0.05, 0) is 42.2 Å². The van der Waals surface area contributed by atoms with Crippen molar-refractivity contribution in [3.8, 4) is 11.3 Å². The molecule has 172 valence electrons. The molecule has 5 rings (SSSR count). The average molecular weight is 479 g/mol. The number of halogens is 4. The molecule has 0 spiro atoms. The molecule has 3 aromatic rings. The van der Waals surface area contributed by atoms with Gasteiger partial charge < -0.3 is 10.4 Å². The summed E-state index contributed by atoms with van der Waals surface area (Å²) in [6.07, 6.45) is -0.651. The zero-order valence-electron chi connectivity index (χ0n) is 17.1. The van der Waals surface area contributed by atoms with Crippen LogP contribution in [0.5, 0.6) is 0 Å². The molecule has 3 heterocycles. The molecule has 1 aromatic carbocycles. The molecule has 0 fully saturated rings. The SMILES string of the molecule is O=C(O)C(F)(F)F.O=C1NCCn2nc3c(c21)CCc1cnc(Cc2ccc(Cl)cc2)cc1-3. The van der Waals surface area contributed by atoms with E-state index >= 15 is 0 Å². The quantitative estimate of drug-likeness (QED) is 0.586. The average Bonchev–Trinajstić information content (AvgIpc) is 3.16. The smallest absolute Gasteiger partial charge is 0.475 e. The van der Waals surface area contributed by atoms with E-state index in [2.05, 4.69) is 16.4 Å². The van der Waals surface area contributed by atoms with Crippen LogP contribution >= 0.6 is 11.6 Å². The van der Waals surface area contributed by atoms with Gasteiger partial charge in [-0.15, -0.1) is 0 Å². The third kappa shape index (κ3) is 4.85. The molecule has 0 bridgehead atoms. The van der Waals surface area contributed by atoms with E-state index in [0.29, 0.717) is 6.54 Å². The molecule has 2 aromatic heterocycles. The van der Waals surface area contributed by atoms with Crippen molar-refractivity contribution in [1.29, 1.82) is 0 Å². The Bertz CT molecular complexity index is 1220. The van der Waals surface area contributed by atoms with Gasteiger partial charge in [-0.2, -0.15) is 18.3 Å². The molecular formula is C22H18ClF3N4O3. The first kappa shape index (κ1) is 22.8. The number of fused-ring (bicyclic) bond motifs is 5. The number of amides is 1. The van der Waals surface area contributed by atoms with Crippen LogP contribution in [-0.4, -0.2) is 44.5 Å². The number of carbonyl (C=O) groups is 2. The van der Waals surface area contributed by atoms with Crippen LogP contribution in [-0.2, 0) is 30.6 Å². The lowest BCUT2D eigenvalue weighted by molar-refractivity contribution is -0.192. The summed E-state index contributed by atoms with van der Waals surface area (Å²) in [5.41, 5.74) is 7.22. The Labute approximate surface area is 191 Å². The third-order valence-electron chi connectivity index (χ3n) is 5.36. The fourth-order valence-corrected chi connectivity index (χ4v) is 3.97. The third-order valence-corrected chi connectivity index (χ3v) is 5.61. The number of aromatic nitrogens is 3. The maximum Gasteiger partial charge on any atom is 0.490 e. The van der Waals surface area contributed by atoms with Gasteiger partial charge in [0.15, 0.2) is 0 Å². The molecule has 0 radical (unpaired) electrons. The second-order valence-corrected chi connectivity index (χ2v) is 8.03. The van der Waals surface area contributed by atoms with Crippen LogP contribution < -0.4 is 5.32 Å². The Morgan fingerprint density at radius 3 is 2.58 bits per heavy atom. The van der Waals surface area contributed by atoms with E-state index in [1.165, 1.54) is 11.1 Å². The summed E-state index contributed by atoms with van der Waals surface area (Å²) in [5.74, 6) is -2.77. The number of aryl methyl sites for hydroxylation is 1. The zero-order chi connectivity index (χ0) is 23.8. The summed E-state index contributed by atoms with van der Waals surface area (Å²) in [5, 5.41) is 15.5. The highest BCUT2D eigenvalue weighted by Crippen LogP contribution is 2.35. The van der Waals surface area contributed by atoms with Crippen molar-refractivity contribution >= 4 is 23.5 Å². The number of benzene rings is 1. The van der Waals surface area contributed by atoms with Crippen molar-refractivity contribution in [3.63, 3.8) is 0 Å². The van der Waals surface area contributed by atoms with Gasteiger partial charge in [0, 0.05) is 41.0 Å². The van der Waals surface area contributed by atoms with E-state index in [4.69, 9.17) is 26.6 Å². The summed E-state index contributed by atoms with van der Waals surface area (Å²) in [6.45, 7) is 1.36. The zero-order valence-corrected chi connectivity index (χ0v) is 17.9. The van der Waals surface area contributed by atoms with Crippen LogP contribution in [0.25, 0.3) is 11.3 Å². The van der Waals surface area contributed by atoms with E-state index in [9.17, 15) is 18.0 Å². The van der Waals surface area contributed by atoms with Crippen LogP contribution in [0.15, 0.2) is 36.5 Å². The molecule has 1 aliphatic carbocycles. The summed E-state index contributed by atoms with van der Waals surface area (Å²) in [4.78, 5) is 25.8. The molecule has 33 heavy (non-hydrogen) atoms. The minimum absolute atomic E-state index is 0.0103. The molecule has 7 nitrogen and oxygen atoms in total. The maximum absolute atomic E-state index is 12.3. The Morgan fingerprint density at radius 1 is 1.21 bits per heavy atom. The number of aliphatic carboxylic acids is 1. The lowest BCUT2D eigenvalue weighted by Crippen LogP contribution is -2.36. The number of carboxylic acids is 1. The molecule has 2 aliphatic rings. The van der Waals surface area contributed by atoms with Crippen LogP contribution in [0.2, 0.25) is 5.02 Å². The summed E-state index contributed by atoms with van der Waals surface area (Å²) in [7, 11) is 0. The van der Waals surface area contributed by atoms with Gasteiger partial charge in [0.2, 0.25) is 0 Å². The highest BCUT2D eigenvalue weighted by atomic mass is 35.5. The van der Waals surface area contributed by atoms with Gasteiger partial charge >= 0.3 is 12.1 Å². The number of hydrogen-bond donors (Lipinski definition) is 2. The summed E-state index contributed by atoms with van der Waals surface area (Å²) < 4.78 is 33.6. The van der Waals surface area contributed by atoms with Crippen molar-refractivity contribution in [2.75, 3.05) is 6.54 Å². The van der Waals surface area contributed by atoms with E-state index in [-0.39, 0.29) is 5.91 Å². The lowest BCUT2D eigenvalue weighted by atomic mass is 9.89. The lowest BCUT2D eigenvalue weighted by Gasteiger charge is -2.18. The first-order valence-corrected chi connectivity index (χ1v) is 10.4. The Balaban J connectivity index is 0.000000325.